The van der Waals surface area contributed by atoms with E-state index in [0.717, 1.165) is 11.1 Å². The van der Waals surface area contributed by atoms with Crippen molar-refractivity contribution in [3.05, 3.63) is 40.7 Å². The van der Waals surface area contributed by atoms with Crippen LogP contribution in [0.25, 0.3) is 5.57 Å². The zero-order valence-electron chi connectivity index (χ0n) is 11.7. The van der Waals surface area contributed by atoms with E-state index in [1.54, 1.807) is 6.92 Å². The highest BCUT2D eigenvalue weighted by Gasteiger charge is 2.21. The predicted molar refractivity (Wildman–Crippen MR) is 76.5 cm³/mol. The molecular weight excluding hydrogens is 275 g/mol. The Morgan fingerprint density at radius 2 is 2.29 bits per heavy atom. The number of halogens is 1. The number of hydrogen-bond acceptors (Lipinski definition) is 4. The van der Waals surface area contributed by atoms with Gasteiger partial charge >= 0.3 is 5.97 Å². The maximum absolute atomic E-state index is 13.7. The summed E-state index contributed by atoms with van der Waals surface area (Å²) in [5.41, 5.74) is 8.36. The number of ether oxygens (including phenoxy) is 1. The molecule has 0 fully saturated rings. The Bertz CT molecular complexity index is 624. The van der Waals surface area contributed by atoms with Gasteiger partial charge in [-0.05, 0) is 48.6 Å². The Morgan fingerprint density at radius 1 is 1.52 bits per heavy atom. The minimum Gasteiger partial charge on any atom is -0.466 e. The third kappa shape index (κ3) is 3.21. The van der Waals surface area contributed by atoms with Crippen LogP contribution in [0.5, 0.6) is 0 Å². The van der Waals surface area contributed by atoms with Gasteiger partial charge in [0.1, 0.15) is 5.82 Å². The molecule has 1 aromatic carbocycles. The Balaban J connectivity index is 2.23. The molecule has 2 rings (SSSR count). The van der Waals surface area contributed by atoms with Gasteiger partial charge in [-0.15, -0.1) is 0 Å². The lowest BCUT2D eigenvalue weighted by atomic mass is 9.97. The first-order valence-corrected chi connectivity index (χ1v) is 6.72. The van der Waals surface area contributed by atoms with Gasteiger partial charge in [-0.2, -0.15) is 0 Å². The van der Waals surface area contributed by atoms with Crippen LogP contribution in [0.1, 0.15) is 36.5 Å². The number of allylic oxidation sites excluding steroid dienone is 2. The number of fused-ring (bicyclic) bond motifs is 1. The molecule has 0 aromatic heterocycles. The highest BCUT2D eigenvalue weighted by molar-refractivity contribution is 6.00. The van der Waals surface area contributed by atoms with Gasteiger partial charge < -0.3 is 15.7 Å². The average Bonchev–Trinajstić information content (AvgIpc) is 2.86. The van der Waals surface area contributed by atoms with Gasteiger partial charge in [0.2, 0.25) is 0 Å². The largest absolute Gasteiger partial charge is 0.466 e. The van der Waals surface area contributed by atoms with Crippen LogP contribution in [0.2, 0.25) is 0 Å². The van der Waals surface area contributed by atoms with E-state index in [0.29, 0.717) is 30.6 Å². The van der Waals surface area contributed by atoms with Crippen molar-refractivity contribution in [2.75, 3.05) is 6.61 Å². The zero-order valence-corrected chi connectivity index (χ0v) is 11.7. The first-order chi connectivity index (χ1) is 10.1. The number of oxime groups is 1. The quantitative estimate of drug-likeness (QED) is 0.286. The normalized spacial score (nSPS) is 13.8. The summed E-state index contributed by atoms with van der Waals surface area (Å²) in [6, 6.07) is 2.66. The van der Waals surface area contributed by atoms with E-state index in [9.17, 15) is 9.18 Å². The van der Waals surface area contributed by atoms with Gasteiger partial charge in [0.15, 0.2) is 5.84 Å². The molecular formula is C15H17FN2O3. The summed E-state index contributed by atoms with van der Waals surface area (Å²) in [6.45, 7) is 2.09. The number of rotatable bonds is 5. The summed E-state index contributed by atoms with van der Waals surface area (Å²) in [4.78, 5) is 11.4. The number of nitrogens with zero attached hydrogens (tertiary/aromatic N) is 1. The van der Waals surface area contributed by atoms with Gasteiger partial charge in [-0.25, -0.2) is 4.39 Å². The van der Waals surface area contributed by atoms with Gasteiger partial charge in [0.05, 0.1) is 6.61 Å². The summed E-state index contributed by atoms with van der Waals surface area (Å²) >= 11 is 0. The number of benzene rings is 1. The van der Waals surface area contributed by atoms with Crippen molar-refractivity contribution in [1.29, 1.82) is 0 Å². The van der Waals surface area contributed by atoms with Crippen LogP contribution in [0, 0.1) is 5.82 Å². The Kier molecular flexibility index (Phi) is 4.57. The fraction of sp³-hybridized carbons (Fsp3) is 0.333. The lowest BCUT2D eigenvalue weighted by Crippen LogP contribution is -2.16. The highest BCUT2D eigenvalue weighted by atomic mass is 19.1. The van der Waals surface area contributed by atoms with E-state index in [1.807, 2.05) is 6.08 Å². The molecule has 0 radical (unpaired) electrons. The summed E-state index contributed by atoms with van der Waals surface area (Å²) < 4.78 is 18.6. The third-order valence-corrected chi connectivity index (χ3v) is 3.40. The molecule has 1 aliphatic carbocycles. The van der Waals surface area contributed by atoms with Crippen molar-refractivity contribution < 1.29 is 19.1 Å². The van der Waals surface area contributed by atoms with Crippen LogP contribution in [-0.2, 0) is 16.0 Å². The molecule has 0 aliphatic heterocycles. The van der Waals surface area contributed by atoms with Crippen molar-refractivity contribution in [2.24, 2.45) is 10.9 Å². The minimum absolute atomic E-state index is 0.120. The maximum Gasteiger partial charge on any atom is 0.306 e. The van der Waals surface area contributed by atoms with Gasteiger partial charge in [-0.1, -0.05) is 11.2 Å². The summed E-state index contributed by atoms with van der Waals surface area (Å²) in [5.74, 6) is -0.856. The van der Waals surface area contributed by atoms with Crippen molar-refractivity contribution in [2.45, 2.75) is 26.2 Å². The molecule has 0 atom stereocenters. The number of hydrogen-bond donors (Lipinski definition) is 2. The van der Waals surface area contributed by atoms with E-state index in [1.165, 1.54) is 12.1 Å². The molecule has 0 saturated heterocycles. The fourth-order valence-corrected chi connectivity index (χ4v) is 2.47. The van der Waals surface area contributed by atoms with Crippen LogP contribution in [-0.4, -0.2) is 23.6 Å². The van der Waals surface area contributed by atoms with Crippen LogP contribution in [0.15, 0.2) is 23.4 Å². The van der Waals surface area contributed by atoms with Crippen LogP contribution in [0.3, 0.4) is 0 Å². The molecule has 0 bridgehead atoms. The molecule has 6 heteroatoms. The van der Waals surface area contributed by atoms with Crippen molar-refractivity contribution in [1.82, 2.24) is 0 Å². The summed E-state index contributed by atoms with van der Waals surface area (Å²) in [7, 11) is 0. The number of amidine groups is 1. The minimum atomic E-state index is -0.459. The van der Waals surface area contributed by atoms with Crippen molar-refractivity contribution >= 4 is 17.4 Å². The smallest absolute Gasteiger partial charge is 0.306 e. The molecule has 21 heavy (non-hydrogen) atoms. The molecule has 0 amide bonds. The first-order valence-electron chi connectivity index (χ1n) is 6.72. The van der Waals surface area contributed by atoms with Gasteiger partial charge in [0, 0.05) is 12.0 Å². The highest BCUT2D eigenvalue weighted by Crippen LogP contribution is 2.33. The second kappa shape index (κ2) is 6.39. The molecule has 0 saturated carbocycles. The van der Waals surface area contributed by atoms with Crippen LogP contribution in [0.4, 0.5) is 4.39 Å². The van der Waals surface area contributed by atoms with Gasteiger partial charge in [0.25, 0.3) is 0 Å². The molecule has 0 spiro atoms. The van der Waals surface area contributed by atoms with E-state index in [2.05, 4.69) is 5.16 Å². The lowest BCUT2D eigenvalue weighted by molar-refractivity contribution is -0.142. The Labute approximate surface area is 121 Å². The van der Waals surface area contributed by atoms with E-state index in [-0.39, 0.29) is 18.2 Å². The van der Waals surface area contributed by atoms with E-state index in [4.69, 9.17) is 15.7 Å². The molecule has 5 nitrogen and oxygen atoms in total. The summed E-state index contributed by atoms with van der Waals surface area (Å²) in [5, 5.41) is 11.7. The van der Waals surface area contributed by atoms with Crippen molar-refractivity contribution in [3.63, 3.8) is 0 Å². The summed E-state index contributed by atoms with van der Waals surface area (Å²) in [6.07, 6.45) is 3.22. The molecule has 0 unspecified atom stereocenters. The van der Waals surface area contributed by atoms with Crippen LogP contribution < -0.4 is 5.73 Å². The zero-order chi connectivity index (χ0) is 15.4. The number of carbonyl (C=O) groups excluding carboxylic acids is 1. The SMILES string of the molecule is CCOC(=O)CCC1=CCc2c1cc(F)cc2/C(N)=N\O. The monoisotopic (exact) mass is 292 g/mol. The first kappa shape index (κ1) is 15.0. The predicted octanol–water partition coefficient (Wildman–Crippen LogP) is 2.20. The molecule has 0 heterocycles. The number of nitrogens with two attached hydrogens (primary N) is 1. The second-order valence-electron chi connectivity index (χ2n) is 4.70. The Hall–Kier alpha value is -2.37. The lowest BCUT2D eigenvalue weighted by Gasteiger charge is -2.10. The van der Waals surface area contributed by atoms with Crippen LogP contribution >= 0.6 is 0 Å². The topological polar surface area (TPSA) is 84.9 Å². The Morgan fingerprint density at radius 3 is 2.95 bits per heavy atom. The van der Waals surface area contributed by atoms with E-state index < -0.39 is 5.82 Å². The number of carbonyl (C=O) groups is 1. The molecule has 1 aromatic rings. The van der Waals surface area contributed by atoms with E-state index >= 15 is 0 Å². The third-order valence-electron chi connectivity index (χ3n) is 3.40. The fourth-order valence-electron chi connectivity index (χ4n) is 2.47. The van der Waals surface area contributed by atoms with Gasteiger partial charge in [-0.3, -0.25) is 4.79 Å². The molecule has 112 valence electrons. The molecule has 1 aliphatic rings. The average molecular weight is 292 g/mol. The standard InChI is InChI=1S/C15H17FN2O3/c1-2-21-14(19)6-4-9-3-5-11-12(9)7-10(16)8-13(11)15(17)18-20/h3,7-8,20H,2,4-6H2,1H3,(H2,17,18). The maximum atomic E-state index is 13.7. The number of esters is 1. The molecule has 3 N–H and O–H groups in total. The second-order valence-corrected chi connectivity index (χ2v) is 4.70. The van der Waals surface area contributed by atoms with Crippen molar-refractivity contribution in [3.8, 4) is 0 Å².